The SMILES string of the molecule is CC1(Oc2ccc3[nH]nc(-c4cc(N5CCC(CN6CCC(F)(CN7CCN(c8ccc9c(c8F)CN(C8CCC(=O)NC8=O)C9=O)CC7)CC6)CC5)ncn4)c3c2)CC1. The van der Waals surface area contributed by atoms with Gasteiger partial charge in [-0.25, -0.2) is 18.7 Å². The fraction of sp³-hybridized carbons (Fsp3) is 0.545. The number of rotatable bonds is 10. The van der Waals surface area contributed by atoms with Crippen LogP contribution in [-0.4, -0.2) is 135 Å². The van der Waals surface area contributed by atoms with Crippen LogP contribution in [0.25, 0.3) is 22.3 Å². The Morgan fingerprint density at radius 1 is 0.867 bits per heavy atom. The summed E-state index contributed by atoms with van der Waals surface area (Å²) in [5.74, 6) is 0.572. The Balaban J connectivity index is 0.680. The molecule has 0 radical (unpaired) electrons. The highest BCUT2D eigenvalue weighted by atomic mass is 19.1. The highest BCUT2D eigenvalue weighted by Gasteiger charge is 2.42. The van der Waals surface area contributed by atoms with Crippen molar-refractivity contribution >= 4 is 40.1 Å². The number of anilines is 2. The Labute approximate surface area is 347 Å². The first-order valence-corrected chi connectivity index (χ1v) is 21.6. The molecule has 1 saturated carbocycles. The van der Waals surface area contributed by atoms with Gasteiger partial charge in [-0.3, -0.25) is 29.7 Å². The van der Waals surface area contributed by atoms with Crippen molar-refractivity contribution in [3.8, 4) is 17.1 Å². The number of benzene rings is 2. The Bertz CT molecular complexity index is 2310. The molecule has 6 aliphatic rings. The number of alkyl halides is 1. The molecule has 16 heteroatoms. The second-order valence-corrected chi connectivity index (χ2v) is 18.1. The standard InChI is InChI=1S/C44H52F2N10O4/c1-43(10-11-43)60-29-2-4-33-31(22-29)40(51-50-33)34-23-37(48-27-47-34)55-14-8-28(9-15-55)24-52-16-12-44(46,13-17-52)26-53-18-20-54(21-19-53)35-5-3-30-32(39(35)45)25-56(42(30)59)36-6-7-38(57)49-41(36)58/h2-5,22-23,27-28,36H,6-21,24-26H2,1H3,(H,50,51)(H,49,57,58). The minimum atomic E-state index is -1.25. The van der Waals surface area contributed by atoms with E-state index in [0.717, 1.165) is 92.3 Å². The molecule has 316 valence electrons. The van der Waals surface area contributed by atoms with Crippen LogP contribution in [0.4, 0.5) is 20.3 Å². The van der Waals surface area contributed by atoms with Crippen LogP contribution in [-0.2, 0) is 16.1 Å². The first-order valence-electron chi connectivity index (χ1n) is 21.6. The fourth-order valence-corrected chi connectivity index (χ4v) is 9.85. The second-order valence-electron chi connectivity index (χ2n) is 18.1. The minimum absolute atomic E-state index is 0.00697. The van der Waals surface area contributed by atoms with Crippen molar-refractivity contribution in [3.05, 3.63) is 59.7 Å². The Morgan fingerprint density at radius 3 is 2.40 bits per heavy atom. The summed E-state index contributed by atoms with van der Waals surface area (Å²) >= 11 is 0. The molecule has 7 heterocycles. The molecule has 1 aliphatic carbocycles. The third-order valence-corrected chi connectivity index (χ3v) is 13.8. The number of nitrogens with one attached hydrogen (secondary N) is 2. The molecule has 10 rings (SSSR count). The number of hydrogen-bond donors (Lipinski definition) is 2. The fourth-order valence-electron chi connectivity index (χ4n) is 9.85. The maximum absolute atomic E-state index is 16.3. The molecule has 0 bridgehead atoms. The molecule has 2 N–H and O–H groups in total. The number of aromatic nitrogens is 4. The number of carbonyl (C=O) groups is 3. The molecule has 2 aromatic heterocycles. The second kappa shape index (κ2) is 15.4. The summed E-state index contributed by atoms with van der Waals surface area (Å²) in [6.45, 7) is 9.10. The summed E-state index contributed by atoms with van der Waals surface area (Å²) in [4.78, 5) is 56.7. The van der Waals surface area contributed by atoms with Gasteiger partial charge in [0, 0.05) is 94.4 Å². The Hall–Kier alpha value is -5.22. The maximum atomic E-state index is 16.3. The molecule has 1 unspecified atom stereocenters. The quantitative estimate of drug-likeness (QED) is 0.215. The van der Waals surface area contributed by atoms with Crippen LogP contribution in [0.15, 0.2) is 42.7 Å². The summed E-state index contributed by atoms with van der Waals surface area (Å²) in [7, 11) is 0. The van der Waals surface area contributed by atoms with Crippen LogP contribution < -0.4 is 19.9 Å². The van der Waals surface area contributed by atoms with Gasteiger partial charge in [0.1, 0.15) is 40.9 Å². The Kier molecular flexibility index (Phi) is 9.97. The molecule has 60 heavy (non-hydrogen) atoms. The lowest BCUT2D eigenvalue weighted by atomic mass is 9.90. The third kappa shape index (κ3) is 7.68. The zero-order chi connectivity index (χ0) is 41.2. The molecule has 1 atom stereocenters. The average molecular weight is 823 g/mol. The molecule has 4 aromatic rings. The summed E-state index contributed by atoms with van der Waals surface area (Å²) in [6, 6.07) is 10.6. The highest BCUT2D eigenvalue weighted by molar-refractivity contribution is 6.05. The highest BCUT2D eigenvalue weighted by Crippen LogP contribution is 2.41. The van der Waals surface area contributed by atoms with Gasteiger partial charge in [0.25, 0.3) is 5.91 Å². The first kappa shape index (κ1) is 38.9. The number of H-pyrrole nitrogens is 1. The zero-order valence-corrected chi connectivity index (χ0v) is 34.1. The summed E-state index contributed by atoms with van der Waals surface area (Å²) in [6.07, 6.45) is 7.23. The van der Waals surface area contributed by atoms with Crippen molar-refractivity contribution in [2.24, 2.45) is 5.92 Å². The van der Waals surface area contributed by atoms with Gasteiger partial charge in [0.2, 0.25) is 11.8 Å². The largest absolute Gasteiger partial charge is 0.488 e. The third-order valence-electron chi connectivity index (χ3n) is 13.8. The van der Waals surface area contributed by atoms with E-state index >= 15 is 8.78 Å². The molecule has 2 aromatic carbocycles. The van der Waals surface area contributed by atoms with Crippen molar-refractivity contribution in [1.29, 1.82) is 0 Å². The molecule has 3 amide bonds. The van der Waals surface area contributed by atoms with Gasteiger partial charge in [0.15, 0.2) is 5.82 Å². The average Bonchev–Trinajstić information content (AvgIpc) is 3.66. The number of halogens is 2. The predicted molar refractivity (Wildman–Crippen MR) is 221 cm³/mol. The minimum Gasteiger partial charge on any atom is -0.488 e. The van der Waals surface area contributed by atoms with Crippen LogP contribution >= 0.6 is 0 Å². The molecule has 5 fully saturated rings. The molecule has 4 saturated heterocycles. The van der Waals surface area contributed by atoms with E-state index in [2.05, 4.69) is 53.2 Å². The number of likely N-dealkylation sites (tertiary alicyclic amines) is 1. The number of carbonyl (C=O) groups excluding carboxylic acids is 3. The molecule has 0 spiro atoms. The van der Waals surface area contributed by atoms with Gasteiger partial charge in [-0.2, -0.15) is 5.10 Å². The zero-order valence-electron chi connectivity index (χ0n) is 34.1. The summed E-state index contributed by atoms with van der Waals surface area (Å²) < 4.78 is 38.5. The van der Waals surface area contributed by atoms with E-state index in [1.165, 1.54) is 4.90 Å². The predicted octanol–water partition coefficient (Wildman–Crippen LogP) is 4.69. The van der Waals surface area contributed by atoms with Gasteiger partial charge in [-0.1, -0.05) is 0 Å². The van der Waals surface area contributed by atoms with Gasteiger partial charge < -0.3 is 24.3 Å². The smallest absolute Gasteiger partial charge is 0.255 e. The van der Waals surface area contributed by atoms with E-state index in [1.54, 1.807) is 18.5 Å². The molecular formula is C44H52F2N10O4. The number of fused-ring (bicyclic) bond motifs is 2. The van der Waals surface area contributed by atoms with Crippen LogP contribution in [0, 0.1) is 11.7 Å². The summed E-state index contributed by atoms with van der Waals surface area (Å²) in [5, 5.41) is 11.0. The number of amides is 3. The normalized spacial score (nSPS) is 23.6. The van der Waals surface area contributed by atoms with E-state index in [-0.39, 0.29) is 42.0 Å². The van der Waals surface area contributed by atoms with E-state index < -0.39 is 29.3 Å². The van der Waals surface area contributed by atoms with Gasteiger partial charge >= 0.3 is 0 Å². The van der Waals surface area contributed by atoms with Gasteiger partial charge in [0.05, 0.1) is 23.4 Å². The Morgan fingerprint density at radius 2 is 1.65 bits per heavy atom. The van der Waals surface area contributed by atoms with Crippen molar-refractivity contribution in [3.63, 3.8) is 0 Å². The van der Waals surface area contributed by atoms with Crippen LogP contribution in [0.3, 0.4) is 0 Å². The number of aromatic amines is 1. The first-order chi connectivity index (χ1) is 29.0. The van der Waals surface area contributed by atoms with E-state index in [0.29, 0.717) is 57.2 Å². The van der Waals surface area contributed by atoms with E-state index in [9.17, 15) is 14.4 Å². The van der Waals surface area contributed by atoms with Crippen molar-refractivity contribution in [2.45, 2.75) is 82.1 Å². The van der Waals surface area contributed by atoms with E-state index in [4.69, 9.17) is 4.74 Å². The van der Waals surface area contributed by atoms with Crippen molar-refractivity contribution < 1.29 is 27.9 Å². The van der Waals surface area contributed by atoms with Gasteiger partial charge in [-0.05, 0) is 88.1 Å². The van der Waals surface area contributed by atoms with E-state index in [1.807, 2.05) is 23.1 Å². The molecule has 14 nitrogen and oxygen atoms in total. The number of imide groups is 1. The maximum Gasteiger partial charge on any atom is 0.255 e. The number of piperidine rings is 3. The van der Waals surface area contributed by atoms with Crippen LogP contribution in [0.5, 0.6) is 5.75 Å². The van der Waals surface area contributed by atoms with Gasteiger partial charge in [-0.15, -0.1) is 0 Å². The van der Waals surface area contributed by atoms with Crippen LogP contribution in [0.1, 0.15) is 74.2 Å². The molecule has 5 aliphatic heterocycles. The van der Waals surface area contributed by atoms with Crippen molar-refractivity contribution in [1.82, 2.24) is 40.2 Å². The van der Waals surface area contributed by atoms with Crippen molar-refractivity contribution in [2.75, 3.05) is 75.2 Å². The lowest BCUT2D eigenvalue weighted by Gasteiger charge is -2.43. The summed E-state index contributed by atoms with van der Waals surface area (Å²) in [5.41, 5.74) is 2.16. The van der Waals surface area contributed by atoms with Crippen LogP contribution in [0.2, 0.25) is 0 Å². The number of ether oxygens (including phenoxy) is 1. The number of piperazine rings is 1. The number of nitrogens with zero attached hydrogens (tertiary/aromatic N) is 8. The lowest BCUT2D eigenvalue weighted by Crippen LogP contribution is -2.54. The lowest BCUT2D eigenvalue weighted by molar-refractivity contribution is -0.136. The topological polar surface area (TPSA) is 143 Å². The monoisotopic (exact) mass is 822 g/mol. The number of hydrogen-bond acceptors (Lipinski definition) is 11. The molecular weight excluding hydrogens is 771 g/mol.